The minimum atomic E-state index is -0.317. The van der Waals surface area contributed by atoms with Gasteiger partial charge in [0, 0.05) is 37.5 Å². The Morgan fingerprint density at radius 1 is 1.21 bits per heavy atom. The van der Waals surface area contributed by atoms with E-state index in [-0.39, 0.29) is 18.2 Å². The lowest BCUT2D eigenvalue weighted by atomic mass is 10.0. The summed E-state index contributed by atoms with van der Waals surface area (Å²) in [4.78, 5) is 6.29. The molecule has 8 heteroatoms. The maximum atomic E-state index is 13.8. The molecule has 2 aromatic heterocycles. The van der Waals surface area contributed by atoms with Crippen LogP contribution in [-0.2, 0) is 26.7 Å². The zero-order valence-corrected chi connectivity index (χ0v) is 15.6. The monoisotopic (exact) mass is 378 g/mol. The molecule has 3 aromatic rings. The number of nitriles is 1. The van der Waals surface area contributed by atoms with Crippen LogP contribution in [0, 0.1) is 17.1 Å². The van der Waals surface area contributed by atoms with Crippen molar-refractivity contribution in [3.63, 3.8) is 0 Å². The van der Waals surface area contributed by atoms with E-state index in [1.54, 1.807) is 30.1 Å². The minimum Gasteiger partial charge on any atom is -0.485 e. The van der Waals surface area contributed by atoms with Crippen molar-refractivity contribution in [1.29, 1.82) is 5.26 Å². The van der Waals surface area contributed by atoms with Crippen LogP contribution in [0.25, 0.3) is 11.1 Å². The summed E-state index contributed by atoms with van der Waals surface area (Å²) in [6.45, 7) is 1.27. The first-order valence-corrected chi connectivity index (χ1v) is 8.76. The van der Waals surface area contributed by atoms with E-state index < -0.39 is 0 Å². The molecule has 0 atom stereocenters. The normalized spacial score (nSPS) is 14.1. The van der Waals surface area contributed by atoms with Crippen molar-refractivity contribution in [2.24, 2.45) is 7.05 Å². The summed E-state index contributed by atoms with van der Waals surface area (Å²) in [7, 11) is 3.70. The first-order valence-electron chi connectivity index (χ1n) is 8.76. The molecule has 0 saturated heterocycles. The van der Waals surface area contributed by atoms with Gasteiger partial charge in [-0.05, 0) is 36.4 Å². The third kappa shape index (κ3) is 3.17. The molecule has 4 rings (SSSR count). The van der Waals surface area contributed by atoms with Crippen molar-refractivity contribution in [3.05, 3.63) is 58.8 Å². The molecule has 3 heterocycles. The average Bonchev–Trinajstić information content (AvgIpc) is 2.97. The van der Waals surface area contributed by atoms with Crippen molar-refractivity contribution in [2.45, 2.75) is 19.7 Å². The van der Waals surface area contributed by atoms with E-state index in [4.69, 9.17) is 10.5 Å². The van der Waals surface area contributed by atoms with E-state index in [1.165, 1.54) is 12.1 Å². The predicted molar refractivity (Wildman–Crippen MR) is 101 cm³/mol. The first kappa shape index (κ1) is 17.9. The quantitative estimate of drug-likeness (QED) is 0.646. The van der Waals surface area contributed by atoms with Gasteiger partial charge in [-0.3, -0.25) is 9.58 Å². The number of aromatic nitrogens is 3. The third-order valence-electron chi connectivity index (χ3n) is 4.81. The molecule has 0 radical (unpaired) electrons. The number of halogens is 1. The molecule has 28 heavy (non-hydrogen) atoms. The van der Waals surface area contributed by atoms with E-state index in [1.807, 2.05) is 7.05 Å². The maximum Gasteiger partial charge on any atom is 0.166 e. The molecule has 142 valence electrons. The summed E-state index contributed by atoms with van der Waals surface area (Å²) in [6.07, 6.45) is 1.61. The van der Waals surface area contributed by atoms with Crippen LogP contribution in [0.1, 0.15) is 22.5 Å². The zero-order chi connectivity index (χ0) is 19.8. The Bertz CT molecular complexity index is 1100. The molecule has 0 saturated carbocycles. The highest BCUT2D eigenvalue weighted by atomic mass is 19.1. The number of nitrogens with two attached hydrogens (primary N) is 1. The van der Waals surface area contributed by atoms with Gasteiger partial charge >= 0.3 is 0 Å². The maximum absolute atomic E-state index is 13.8. The number of hydrogen-bond acceptors (Lipinski definition) is 6. The molecule has 0 unspecified atom stereocenters. The topological polar surface area (TPSA) is 93.0 Å². The van der Waals surface area contributed by atoms with Gasteiger partial charge < -0.3 is 10.5 Å². The molecule has 2 bridgehead atoms. The second-order valence-corrected chi connectivity index (χ2v) is 6.89. The minimum absolute atomic E-state index is 0.168. The van der Waals surface area contributed by atoms with Gasteiger partial charge in [0.1, 0.15) is 24.2 Å². The smallest absolute Gasteiger partial charge is 0.166 e. The van der Waals surface area contributed by atoms with Gasteiger partial charge in [-0.2, -0.15) is 10.4 Å². The van der Waals surface area contributed by atoms with Crippen LogP contribution in [0.15, 0.2) is 30.5 Å². The lowest BCUT2D eigenvalue weighted by Crippen LogP contribution is -2.20. The Labute approximate surface area is 161 Å². The van der Waals surface area contributed by atoms with E-state index in [0.717, 1.165) is 16.8 Å². The van der Waals surface area contributed by atoms with E-state index in [9.17, 15) is 9.65 Å². The number of pyridine rings is 1. The van der Waals surface area contributed by atoms with Crippen molar-refractivity contribution >= 4 is 5.82 Å². The second kappa shape index (κ2) is 6.94. The van der Waals surface area contributed by atoms with Crippen LogP contribution >= 0.6 is 0 Å². The number of rotatable bonds is 0. The Morgan fingerprint density at radius 2 is 2.04 bits per heavy atom. The van der Waals surface area contributed by atoms with Crippen LogP contribution in [0.5, 0.6) is 5.75 Å². The third-order valence-corrected chi connectivity index (χ3v) is 4.81. The fourth-order valence-corrected chi connectivity index (χ4v) is 3.47. The first-order chi connectivity index (χ1) is 13.5. The molecule has 0 aliphatic carbocycles. The highest BCUT2D eigenvalue weighted by Gasteiger charge is 2.22. The van der Waals surface area contributed by atoms with Gasteiger partial charge in [0.15, 0.2) is 11.6 Å². The fraction of sp³-hybridized carbons (Fsp3) is 0.250. The second-order valence-electron chi connectivity index (χ2n) is 6.89. The molecular weight excluding hydrogens is 359 g/mol. The van der Waals surface area contributed by atoms with Gasteiger partial charge in [0.2, 0.25) is 0 Å². The lowest BCUT2D eigenvalue weighted by Gasteiger charge is -2.20. The number of anilines is 1. The summed E-state index contributed by atoms with van der Waals surface area (Å²) in [6, 6.07) is 8.64. The van der Waals surface area contributed by atoms with E-state index >= 15 is 0 Å². The van der Waals surface area contributed by atoms with E-state index in [2.05, 4.69) is 21.1 Å². The van der Waals surface area contributed by atoms with Gasteiger partial charge in [-0.15, -0.1) is 0 Å². The largest absolute Gasteiger partial charge is 0.485 e. The summed E-state index contributed by atoms with van der Waals surface area (Å²) in [5.74, 6) is 0.308. The van der Waals surface area contributed by atoms with Gasteiger partial charge in [-0.1, -0.05) is 6.07 Å². The Morgan fingerprint density at radius 3 is 2.82 bits per heavy atom. The van der Waals surface area contributed by atoms with Crippen LogP contribution in [0.3, 0.4) is 0 Å². The lowest BCUT2D eigenvalue weighted by molar-refractivity contribution is 0.290. The molecule has 1 aliphatic rings. The molecule has 0 fully saturated rings. The van der Waals surface area contributed by atoms with Crippen molar-refractivity contribution in [2.75, 3.05) is 12.8 Å². The number of nitrogens with zero attached hydrogens (tertiary/aromatic N) is 5. The number of aryl methyl sites for hydroxylation is 1. The SMILES string of the molecule is CN1Cc2ccc(F)cc2COc2cc(cnc2N)-c2c(nn(C)c2C#N)C1. The van der Waals surface area contributed by atoms with Gasteiger partial charge in [0.25, 0.3) is 0 Å². The van der Waals surface area contributed by atoms with Gasteiger partial charge in [0.05, 0.1) is 5.69 Å². The Balaban J connectivity index is 1.89. The van der Waals surface area contributed by atoms with Crippen molar-refractivity contribution in [3.8, 4) is 22.9 Å². The highest BCUT2D eigenvalue weighted by Crippen LogP contribution is 2.33. The molecular formula is C20H19FN6O. The van der Waals surface area contributed by atoms with Crippen molar-refractivity contribution < 1.29 is 9.13 Å². The average molecular weight is 378 g/mol. The number of hydrogen-bond donors (Lipinski definition) is 1. The summed E-state index contributed by atoms with van der Waals surface area (Å²) < 4.78 is 21.2. The summed E-state index contributed by atoms with van der Waals surface area (Å²) >= 11 is 0. The summed E-state index contributed by atoms with van der Waals surface area (Å²) in [5, 5.41) is 14.2. The Kier molecular flexibility index (Phi) is 4.45. The molecule has 2 N–H and O–H groups in total. The highest BCUT2D eigenvalue weighted by molar-refractivity contribution is 5.73. The number of ether oxygens (including phenoxy) is 1. The number of fused-ring (bicyclic) bond motifs is 5. The molecule has 0 spiro atoms. The number of nitrogen functional groups attached to an aromatic ring is 1. The standard InChI is InChI=1S/C20H19FN6O/c1-26-9-12-3-4-15(21)5-14(12)11-28-18-6-13(8-24-20(18)23)19-16(10-26)25-27(2)17(19)7-22/h3-6,8H,9-11H2,1-2H3,(H2,23,24). The van der Waals surface area contributed by atoms with Crippen LogP contribution in [-0.4, -0.2) is 26.7 Å². The summed E-state index contributed by atoms with van der Waals surface area (Å²) in [5.41, 5.74) is 10.3. The van der Waals surface area contributed by atoms with Crippen molar-refractivity contribution in [1.82, 2.24) is 19.7 Å². The predicted octanol–water partition coefficient (Wildman–Crippen LogP) is 2.60. The molecule has 7 nitrogen and oxygen atoms in total. The van der Waals surface area contributed by atoms with Crippen LogP contribution < -0.4 is 10.5 Å². The van der Waals surface area contributed by atoms with Crippen LogP contribution in [0.2, 0.25) is 0 Å². The Hall–Kier alpha value is -3.44. The fourth-order valence-electron chi connectivity index (χ4n) is 3.47. The van der Waals surface area contributed by atoms with Gasteiger partial charge in [-0.25, -0.2) is 9.37 Å². The zero-order valence-electron chi connectivity index (χ0n) is 15.6. The molecule has 1 aliphatic heterocycles. The van der Waals surface area contributed by atoms with Crippen LogP contribution in [0.4, 0.5) is 10.2 Å². The van der Waals surface area contributed by atoms with E-state index in [0.29, 0.717) is 35.7 Å². The molecule has 0 amide bonds. The number of benzene rings is 1. The molecule has 1 aromatic carbocycles.